The molecule has 2 aliphatic rings. The van der Waals surface area contributed by atoms with E-state index in [-0.39, 0.29) is 5.41 Å². The molecule has 2 nitrogen and oxygen atoms in total. The summed E-state index contributed by atoms with van der Waals surface area (Å²) in [4.78, 5) is 0. The zero-order chi connectivity index (χ0) is 11.2. The second-order valence-corrected chi connectivity index (χ2v) is 6.21. The van der Waals surface area contributed by atoms with Gasteiger partial charge in [0, 0.05) is 17.6 Å². The Morgan fingerprint density at radius 1 is 1.19 bits per heavy atom. The molecule has 0 radical (unpaired) electrons. The van der Waals surface area contributed by atoms with Crippen LogP contribution in [0.1, 0.15) is 24.8 Å². The summed E-state index contributed by atoms with van der Waals surface area (Å²) in [5.41, 5.74) is 1.19. The molecular formula is C13H16BrNO. The summed E-state index contributed by atoms with van der Waals surface area (Å²) < 4.78 is 1.12. The number of benzene rings is 1. The van der Waals surface area contributed by atoms with Crippen LogP contribution in [0.4, 0.5) is 0 Å². The van der Waals surface area contributed by atoms with Crippen LogP contribution in [0.3, 0.4) is 0 Å². The van der Waals surface area contributed by atoms with Crippen LogP contribution in [-0.4, -0.2) is 23.8 Å². The van der Waals surface area contributed by atoms with Crippen molar-refractivity contribution in [3.05, 3.63) is 34.3 Å². The van der Waals surface area contributed by atoms with Crippen LogP contribution in [0, 0.1) is 0 Å². The Bertz CT molecular complexity index is 393. The van der Waals surface area contributed by atoms with Crippen LogP contribution < -0.4 is 5.32 Å². The van der Waals surface area contributed by atoms with Gasteiger partial charge in [0.05, 0.1) is 5.60 Å². The lowest BCUT2D eigenvalue weighted by Gasteiger charge is -2.40. The predicted molar refractivity (Wildman–Crippen MR) is 67.5 cm³/mol. The maximum Gasteiger partial charge on any atom is 0.0903 e. The number of rotatable bonds is 3. The zero-order valence-electron chi connectivity index (χ0n) is 9.17. The normalized spacial score (nSPS) is 24.9. The van der Waals surface area contributed by atoms with Gasteiger partial charge in [-0.05, 0) is 42.4 Å². The first-order valence-corrected chi connectivity index (χ1v) is 6.61. The summed E-state index contributed by atoms with van der Waals surface area (Å²) in [6, 6.07) is 8.57. The molecule has 1 aromatic carbocycles. The van der Waals surface area contributed by atoms with Gasteiger partial charge >= 0.3 is 0 Å². The Balaban J connectivity index is 1.80. The minimum Gasteiger partial charge on any atom is -0.387 e. The molecule has 1 saturated heterocycles. The lowest BCUT2D eigenvalue weighted by atomic mass is 9.80. The molecule has 0 spiro atoms. The fourth-order valence-corrected chi connectivity index (χ4v) is 2.95. The van der Waals surface area contributed by atoms with Gasteiger partial charge in [0.2, 0.25) is 0 Å². The van der Waals surface area contributed by atoms with Gasteiger partial charge in [0.1, 0.15) is 0 Å². The minimum atomic E-state index is -0.455. The average Bonchev–Trinajstić information content (AvgIpc) is 2.97. The average molecular weight is 282 g/mol. The first kappa shape index (κ1) is 10.8. The molecule has 3 rings (SSSR count). The summed E-state index contributed by atoms with van der Waals surface area (Å²) in [6.07, 6.45) is 3.35. The molecule has 1 heterocycles. The Hall–Kier alpha value is -0.380. The van der Waals surface area contributed by atoms with E-state index in [0.717, 1.165) is 24.0 Å². The lowest BCUT2D eigenvalue weighted by Crippen LogP contribution is -2.60. The van der Waals surface area contributed by atoms with E-state index in [0.29, 0.717) is 0 Å². The van der Waals surface area contributed by atoms with Crippen molar-refractivity contribution in [1.29, 1.82) is 0 Å². The molecule has 16 heavy (non-hydrogen) atoms. The van der Waals surface area contributed by atoms with Gasteiger partial charge < -0.3 is 10.4 Å². The summed E-state index contributed by atoms with van der Waals surface area (Å²) in [6.45, 7) is 1.51. The Kier molecular flexibility index (Phi) is 2.39. The number of hydrogen-bond acceptors (Lipinski definition) is 2. The van der Waals surface area contributed by atoms with Crippen molar-refractivity contribution in [2.24, 2.45) is 0 Å². The largest absolute Gasteiger partial charge is 0.387 e. The van der Waals surface area contributed by atoms with Crippen molar-refractivity contribution >= 4 is 15.9 Å². The van der Waals surface area contributed by atoms with E-state index in [4.69, 9.17) is 0 Å². The monoisotopic (exact) mass is 281 g/mol. The van der Waals surface area contributed by atoms with E-state index in [1.165, 1.54) is 18.4 Å². The Labute approximate surface area is 104 Å². The highest BCUT2D eigenvalue weighted by Gasteiger charge is 2.51. The molecule has 1 aliphatic heterocycles. The summed E-state index contributed by atoms with van der Waals surface area (Å²) >= 11 is 3.46. The third-order valence-electron chi connectivity index (χ3n) is 3.89. The predicted octanol–water partition coefficient (Wildman–Crippen LogP) is 2.21. The molecule has 0 unspecified atom stereocenters. The smallest absolute Gasteiger partial charge is 0.0903 e. The van der Waals surface area contributed by atoms with Gasteiger partial charge in [0.25, 0.3) is 0 Å². The van der Waals surface area contributed by atoms with Crippen molar-refractivity contribution in [3.8, 4) is 0 Å². The number of halogens is 1. The van der Waals surface area contributed by atoms with Crippen molar-refractivity contribution in [1.82, 2.24) is 5.32 Å². The van der Waals surface area contributed by atoms with E-state index in [1.54, 1.807) is 0 Å². The van der Waals surface area contributed by atoms with Crippen LogP contribution in [0.25, 0.3) is 0 Å². The van der Waals surface area contributed by atoms with E-state index >= 15 is 0 Å². The maximum atomic E-state index is 10.2. The highest BCUT2D eigenvalue weighted by Crippen LogP contribution is 2.53. The van der Waals surface area contributed by atoms with Gasteiger partial charge in [-0.1, -0.05) is 28.1 Å². The second-order valence-electron chi connectivity index (χ2n) is 5.29. The quantitative estimate of drug-likeness (QED) is 0.891. The molecule has 1 aromatic rings. The second kappa shape index (κ2) is 3.56. The van der Waals surface area contributed by atoms with Gasteiger partial charge in [0.15, 0.2) is 0 Å². The third kappa shape index (κ3) is 1.81. The molecule has 0 aromatic heterocycles. The number of hydrogen-bond donors (Lipinski definition) is 2. The molecule has 2 fully saturated rings. The lowest BCUT2D eigenvalue weighted by molar-refractivity contribution is -0.0256. The van der Waals surface area contributed by atoms with Crippen LogP contribution in [0.15, 0.2) is 28.7 Å². The Morgan fingerprint density at radius 3 is 2.25 bits per heavy atom. The highest BCUT2D eigenvalue weighted by molar-refractivity contribution is 9.10. The molecule has 86 valence electrons. The van der Waals surface area contributed by atoms with E-state index < -0.39 is 5.60 Å². The minimum absolute atomic E-state index is 0.261. The van der Waals surface area contributed by atoms with Crippen LogP contribution in [-0.2, 0) is 5.41 Å². The topological polar surface area (TPSA) is 32.3 Å². The van der Waals surface area contributed by atoms with Gasteiger partial charge in [-0.15, -0.1) is 0 Å². The van der Waals surface area contributed by atoms with Gasteiger partial charge in [-0.25, -0.2) is 0 Å². The summed E-state index contributed by atoms with van der Waals surface area (Å²) in [5.74, 6) is 0. The third-order valence-corrected chi connectivity index (χ3v) is 4.41. The SMILES string of the molecule is OC1(CC2(c3ccc(Br)cc3)CC2)CNC1. The standard InChI is InChI=1S/C13H16BrNO/c14-11-3-1-10(2-4-11)12(5-6-12)7-13(16)8-15-9-13/h1-4,15-16H,5-9H2. The van der Waals surface area contributed by atoms with Crippen molar-refractivity contribution < 1.29 is 5.11 Å². The molecule has 0 bridgehead atoms. The molecule has 1 saturated carbocycles. The van der Waals surface area contributed by atoms with Crippen LogP contribution in [0.2, 0.25) is 0 Å². The fourth-order valence-electron chi connectivity index (χ4n) is 2.69. The van der Waals surface area contributed by atoms with Crippen molar-refractivity contribution in [2.45, 2.75) is 30.3 Å². The molecule has 1 aliphatic carbocycles. The van der Waals surface area contributed by atoms with Gasteiger partial charge in [-0.3, -0.25) is 0 Å². The zero-order valence-corrected chi connectivity index (χ0v) is 10.8. The first-order chi connectivity index (χ1) is 7.62. The van der Waals surface area contributed by atoms with Crippen molar-refractivity contribution in [2.75, 3.05) is 13.1 Å². The molecule has 2 N–H and O–H groups in total. The van der Waals surface area contributed by atoms with Crippen molar-refractivity contribution in [3.63, 3.8) is 0 Å². The fraction of sp³-hybridized carbons (Fsp3) is 0.538. The van der Waals surface area contributed by atoms with E-state index in [1.807, 2.05) is 0 Å². The van der Waals surface area contributed by atoms with E-state index in [2.05, 4.69) is 45.5 Å². The highest BCUT2D eigenvalue weighted by atomic mass is 79.9. The van der Waals surface area contributed by atoms with Gasteiger partial charge in [-0.2, -0.15) is 0 Å². The summed E-state index contributed by atoms with van der Waals surface area (Å²) in [5, 5.41) is 13.4. The Morgan fingerprint density at radius 2 is 1.81 bits per heavy atom. The molecule has 0 atom stereocenters. The maximum absolute atomic E-state index is 10.2. The van der Waals surface area contributed by atoms with Crippen LogP contribution in [0.5, 0.6) is 0 Å². The molecule has 3 heteroatoms. The summed E-state index contributed by atoms with van der Waals surface area (Å²) in [7, 11) is 0. The molecular weight excluding hydrogens is 266 g/mol. The first-order valence-electron chi connectivity index (χ1n) is 5.81. The molecule has 0 amide bonds. The number of nitrogens with one attached hydrogen (secondary N) is 1. The van der Waals surface area contributed by atoms with Crippen LogP contribution >= 0.6 is 15.9 Å². The number of aliphatic hydroxyl groups is 1. The van der Waals surface area contributed by atoms with E-state index in [9.17, 15) is 5.11 Å². The number of β-amino-alcohol motifs (C(OH)–C–C–N with tert-alkyl or cyclic N) is 1.